The third kappa shape index (κ3) is 4.50. The first-order valence-corrected chi connectivity index (χ1v) is 13.0. The lowest BCUT2D eigenvalue weighted by Crippen LogP contribution is -1.96. The van der Waals surface area contributed by atoms with Crippen LogP contribution < -0.4 is 0 Å². The zero-order valence-electron chi connectivity index (χ0n) is 21.4. The lowest BCUT2D eigenvalue weighted by Gasteiger charge is -2.11. The lowest BCUT2D eigenvalue weighted by molar-refractivity contribution is 0.474. The topological polar surface area (TPSA) is 72.0 Å². The van der Waals surface area contributed by atoms with Crippen molar-refractivity contribution < 1.29 is 9.52 Å². The van der Waals surface area contributed by atoms with Gasteiger partial charge in [-0.2, -0.15) is 0 Å². The molecule has 7 aromatic rings. The largest absolute Gasteiger partial charge is 0.507 e. The van der Waals surface area contributed by atoms with Gasteiger partial charge in [-0.05, 0) is 47.5 Å². The molecule has 5 aromatic carbocycles. The predicted molar refractivity (Wildman–Crippen MR) is 158 cm³/mol. The minimum absolute atomic E-state index is 0.109. The molecule has 0 atom stereocenters. The number of fused-ring (bicyclic) bond motifs is 1. The number of benzene rings is 5. The standard InChI is InChI=1S/C35H23N3O2/c39-32-19-18-26(21-28(32)35-38-29-16-7-8-17-33(29)40-35)25-14-9-15-27(20-25)34-36-30(23-10-3-1-4-11-23)22-31(37-34)24-12-5-2-6-13-24/h1-22,39H. The van der Waals surface area contributed by atoms with Gasteiger partial charge in [-0.15, -0.1) is 0 Å². The van der Waals surface area contributed by atoms with Crippen LogP contribution >= 0.6 is 0 Å². The number of aromatic nitrogens is 3. The maximum absolute atomic E-state index is 10.7. The summed E-state index contributed by atoms with van der Waals surface area (Å²) in [7, 11) is 0. The number of rotatable bonds is 5. The summed E-state index contributed by atoms with van der Waals surface area (Å²) in [5.41, 5.74) is 8.50. The Morgan fingerprint density at radius 1 is 0.475 bits per heavy atom. The van der Waals surface area contributed by atoms with Gasteiger partial charge in [0.25, 0.3) is 0 Å². The molecular weight excluding hydrogens is 494 g/mol. The van der Waals surface area contributed by atoms with Gasteiger partial charge in [0.1, 0.15) is 11.3 Å². The number of phenols is 1. The second-order valence-electron chi connectivity index (χ2n) is 9.49. The monoisotopic (exact) mass is 517 g/mol. The summed E-state index contributed by atoms with van der Waals surface area (Å²) in [6.07, 6.45) is 0. The molecule has 7 rings (SSSR count). The van der Waals surface area contributed by atoms with Crippen molar-refractivity contribution in [2.24, 2.45) is 0 Å². The van der Waals surface area contributed by atoms with E-state index in [9.17, 15) is 5.11 Å². The minimum Gasteiger partial charge on any atom is -0.507 e. The number of para-hydroxylation sites is 2. The SMILES string of the molecule is Oc1ccc(-c2cccc(-c3nc(-c4ccccc4)cc(-c4ccccc4)n3)c2)cc1-c1nc2ccccc2o1. The van der Waals surface area contributed by atoms with Crippen LogP contribution in [0.25, 0.3) is 67.6 Å². The number of aromatic hydroxyl groups is 1. The maximum atomic E-state index is 10.7. The summed E-state index contributed by atoms with van der Waals surface area (Å²) >= 11 is 0. The van der Waals surface area contributed by atoms with Crippen molar-refractivity contribution in [2.75, 3.05) is 0 Å². The molecule has 5 nitrogen and oxygen atoms in total. The molecule has 190 valence electrons. The van der Waals surface area contributed by atoms with E-state index in [0.29, 0.717) is 22.9 Å². The Labute approximate surface area is 231 Å². The van der Waals surface area contributed by atoms with Crippen LogP contribution in [0.3, 0.4) is 0 Å². The molecule has 2 aromatic heterocycles. The third-order valence-electron chi connectivity index (χ3n) is 6.84. The highest BCUT2D eigenvalue weighted by Gasteiger charge is 2.15. The molecule has 0 unspecified atom stereocenters. The highest BCUT2D eigenvalue weighted by Crippen LogP contribution is 2.36. The zero-order valence-corrected chi connectivity index (χ0v) is 21.4. The molecular formula is C35H23N3O2. The molecule has 0 radical (unpaired) electrons. The summed E-state index contributed by atoms with van der Waals surface area (Å²) in [5.74, 6) is 1.13. The summed E-state index contributed by atoms with van der Waals surface area (Å²) in [4.78, 5) is 14.5. The van der Waals surface area contributed by atoms with Gasteiger partial charge in [-0.25, -0.2) is 15.0 Å². The van der Waals surface area contributed by atoms with Crippen LogP contribution in [-0.2, 0) is 0 Å². The number of phenolic OH excluding ortho intramolecular Hbond substituents is 1. The van der Waals surface area contributed by atoms with Crippen LogP contribution in [0.4, 0.5) is 0 Å². The number of hydrogen-bond acceptors (Lipinski definition) is 5. The first-order chi connectivity index (χ1) is 19.7. The van der Waals surface area contributed by atoms with E-state index in [-0.39, 0.29) is 5.75 Å². The van der Waals surface area contributed by atoms with Gasteiger partial charge in [0.05, 0.1) is 17.0 Å². The Hall–Kier alpha value is -5.55. The first kappa shape index (κ1) is 23.6. The normalized spacial score (nSPS) is 11.1. The highest BCUT2D eigenvalue weighted by atomic mass is 16.3. The molecule has 40 heavy (non-hydrogen) atoms. The minimum atomic E-state index is 0.109. The number of nitrogens with zero attached hydrogens (tertiary/aromatic N) is 3. The second kappa shape index (κ2) is 9.97. The second-order valence-corrected chi connectivity index (χ2v) is 9.49. The molecule has 2 heterocycles. The molecule has 0 aliphatic rings. The average Bonchev–Trinajstić information content (AvgIpc) is 3.46. The Morgan fingerprint density at radius 2 is 1.07 bits per heavy atom. The molecule has 0 bridgehead atoms. The van der Waals surface area contributed by atoms with Crippen LogP contribution in [0.5, 0.6) is 5.75 Å². The van der Waals surface area contributed by atoms with Crippen molar-refractivity contribution in [2.45, 2.75) is 0 Å². The van der Waals surface area contributed by atoms with Gasteiger partial charge in [0.15, 0.2) is 11.4 Å². The molecule has 0 fully saturated rings. The quantitative estimate of drug-likeness (QED) is 0.247. The average molecular weight is 518 g/mol. The van der Waals surface area contributed by atoms with Crippen molar-refractivity contribution in [3.63, 3.8) is 0 Å². The van der Waals surface area contributed by atoms with Crippen LogP contribution in [-0.4, -0.2) is 20.1 Å². The van der Waals surface area contributed by atoms with E-state index in [1.807, 2.05) is 97.1 Å². The fraction of sp³-hybridized carbons (Fsp3) is 0. The molecule has 0 aliphatic heterocycles. The van der Waals surface area contributed by atoms with E-state index in [4.69, 9.17) is 14.4 Å². The summed E-state index contributed by atoms with van der Waals surface area (Å²) in [6, 6.07) is 43.5. The molecule has 5 heteroatoms. The summed E-state index contributed by atoms with van der Waals surface area (Å²) in [5, 5.41) is 10.7. The van der Waals surface area contributed by atoms with Gasteiger partial charge in [0.2, 0.25) is 5.89 Å². The van der Waals surface area contributed by atoms with Crippen LogP contribution in [0.2, 0.25) is 0 Å². The van der Waals surface area contributed by atoms with E-state index in [1.54, 1.807) is 6.07 Å². The van der Waals surface area contributed by atoms with Crippen molar-refractivity contribution >= 4 is 11.1 Å². The summed E-state index contributed by atoms with van der Waals surface area (Å²) in [6.45, 7) is 0. The first-order valence-electron chi connectivity index (χ1n) is 13.0. The molecule has 0 amide bonds. The van der Waals surface area contributed by atoms with E-state index < -0.39 is 0 Å². The fourth-order valence-corrected chi connectivity index (χ4v) is 4.80. The Kier molecular flexibility index (Phi) is 5.87. The predicted octanol–water partition coefficient (Wildman–Crippen LogP) is 8.66. The van der Waals surface area contributed by atoms with Gasteiger partial charge in [-0.1, -0.05) is 97.1 Å². The molecule has 0 saturated carbocycles. The van der Waals surface area contributed by atoms with Crippen molar-refractivity contribution in [1.82, 2.24) is 15.0 Å². The Bertz CT molecular complexity index is 1870. The van der Waals surface area contributed by atoms with E-state index >= 15 is 0 Å². The van der Waals surface area contributed by atoms with Crippen molar-refractivity contribution in [3.8, 4) is 62.2 Å². The highest BCUT2D eigenvalue weighted by molar-refractivity contribution is 5.81. The van der Waals surface area contributed by atoms with E-state index in [1.165, 1.54) is 0 Å². The van der Waals surface area contributed by atoms with Gasteiger partial charge < -0.3 is 9.52 Å². The van der Waals surface area contributed by atoms with Crippen molar-refractivity contribution in [3.05, 3.63) is 133 Å². The third-order valence-corrected chi connectivity index (χ3v) is 6.84. The van der Waals surface area contributed by atoms with Crippen LogP contribution in [0, 0.1) is 0 Å². The van der Waals surface area contributed by atoms with Crippen LogP contribution in [0.1, 0.15) is 0 Å². The Morgan fingerprint density at radius 3 is 1.77 bits per heavy atom. The Balaban J connectivity index is 1.32. The molecule has 0 spiro atoms. The van der Waals surface area contributed by atoms with Crippen LogP contribution in [0.15, 0.2) is 138 Å². The number of hydrogen-bond donors (Lipinski definition) is 1. The van der Waals surface area contributed by atoms with Crippen molar-refractivity contribution in [1.29, 1.82) is 0 Å². The lowest BCUT2D eigenvalue weighted by atomic mass is 10.00. The molecule has 0 saturated heterocycles. The smallest absolute Gasteiger partial charge is 0.231 e. The van der Waals surface area contributed by atoms with Gasteiger partial charge in [0, 0.05) is 16.7 Å². The van der Waals surface area contributed by atoms with E-state index in [2.05, 4.69) is 35.3 Å². The number of oxazole rings is 1. The molecule has 1 N–H and O–H groups in total. The van der Waals surface area contributed by atoms with Gasteiger partial charge in [-0.3, -0.25) is 0 Å². The molecule has 0 aliphatic carbocycles. The zero-order chi connectivity index (χ0) is 26.9. The van der Waals surface area contributed by atoms with E-state index in [0.717, 1.165) is 44.7 Å². The van der Waals surface area contributed by atoms with Gasteiger partial charge >= 0.3 is 0 Å². The summed E-state index contributed by atoms with van der Waals surface area (Å²) < 4.78 is 5.94. The maximum Gasteiger partial charge on any atom is 0.231 e. The fourth-order valence-electron chi connectivity index (χ4n) is 4.80.